The Kier molecular flexibility index (Phi) is 5.64. The molecule has 1 aromatic heterocycles. The molecule has 1 aliphatic carbocycles. The number of rotatable bonds is 4. The predicted octanol–water partition coefficient (Wildman–Crippen LogP) is 2.97. The summed E-state index contributed by atoms with van der Waals surface area (Å²) in [5, 5.41) is 6.30. The van der Waals surface area contributed by atoms with Gasteiger partial charge < -0.3 is 10.6 Å². The van der Waals surface area contributed by atoms with Crippen LogP contribution < -0.4 is 10.6 Å². The van der Waals surface area contributed by atoms with Crippen LogP contribution in [0.2, 0.25) is 0 Å². The van der Waals surface area contributed by atoms with Crippen molar-refractivity contribution in [2.45, 2.75) is 51.1 Å². The minimum atomic E-state index is 0.0268. The molecule has 0 aromatic carbocycles. The minimum absolute atomic E-state index is 0.0268. The highest BCUT2D eigenvalue weighted by molar-refractivity contribution is 7.99. The molecule has 1 saturated carbocycles. The smallest absolute Gasteiger partial charge is 0.261 e. The highest BCUT2D eigenvalue weighted by Gasteiger charge is 2.29. The second-order valence-electron chi connectivity index (χ2n) is 6.50. The van der Waals surface area contributed by atoms with Gasteiger partial charge in [0.25, 0.3) is 5.91 Å². The molecule has 0 spiro atoms. The Labute approximate surface area is 145 Å². The van der Waals surface area contributed by atoms with Gasteiger partial charge in [0.05, 0.1) is 4.88 Å². The van der Waals surface area contributed by atoms with Gasteiger partial charge in [0.15, 0.2) is 0 Å². The summed E-state index contributed by atoms with van der Waals surface area (Å²) in [5.74, 6) is 2.58. The molecule has 4 nitrogen and oxygen atoms in total. The molecule has 126 valence electrons. The van der Waals surface area contributed by atoms with Gasteiger partial charge in [0, 0.05) is 28.6 Å². The number of carbonyl (C=O) groups excluding carboxylic acids is 2. The van der Waals surface area contributed by atoms with E-state index in [0.717, 1.165) is 53.4 Å². The van der Waals surface area contributed by atoms with Crippen molar-refractivity contribution < 1.29 is 9.59 Å². The minimum Gasteiger partial charge on any atom is -0.352 e. The lowest BCUT2D eigenvalue weighted by Gasteiger charge is -2.29. The first-order valence-corrected chi connectivity index (χ1v) is 10.3. The Bertz CT molecular complexity index is 559. The number of nitrogens with one attached hydrogen (secondary N) is 2. The fourth-order valence-corrected chi connectivity index (χ4v) is 5.20. The van der Waals surface area contributed by atoms with Crippen molar-refractivity contribution in [3.8, 4) is 0 Å². The fraction of sp³-hybridized carbons (Fsp3) is 0.647. The van der Waals surface area contributed by atoms with Crippen molar-refractivity contribution in [3.05, 3.63) is 21.9 Å². The van der Waals surface area contributed by atoms with Gasteiger partial charge >= 0.3 is 0 Å². The zero-order valence-electron chi connectivity index (χ0n) is 13.5. The summed E-state index contributed by atoms with van der Waals surface area (Å²) in [7, 11) is 0. The maximum Gasteiger partial charge on any atom is 0.261 e. The van der Waals surface area contributed by atoms with Crippen LogP contribution in [0.15, 0.2) is 12.1 Å². The summed E-state index contributed by atoms with van der Waals surface area (Å²) >= 11 is 3.45. The maximum absolute atomic E-state index is 12.3. The lowest BCUT2D eigenvalue weighted by molar-refractivity contribution is -0.126. The van der Waals surface area contributed by atoms with E-state index in [1.165, 1.54) is 11.3 Å². The van der Waals surface area contributed by atoms with E-state index >= 15 is 0 Å². The van der Waals surface area contributed by atoms with E-state index in [4.69, 9.17) is 0 Å². The molecule has 2 aliphatic rings. The molecule has 0 radical (unpaired) electrons. The second kappa shape index (κ2) is 7.71. The van der Waals surface area contributed by atoms with E-state index < -0.39 is 0 Å². The molecule has 2 fully saturated rings. The molecule has 23 heavy (non-hydrogen) atoms. The van der Waals surface area contributed by atoms with Crippen LogP contribution in [0.3, 0.4) is 0 Å². The highest BCUT2D eigenvalue weighted by atomic mass is 32.2. The number of thiophene rings is 1. The average Bonchev–Trinajstić information content (AvgIpc) is 3.19. The van der Waals surface area contributed by atoms with Crippen molar-refractivity contribution in [2.24, 2.45) is 5.92 Å². The van der Waals surface area contributed by atoms with Crippen LogP contribution in [0.25, 0.3) is 0 Å². The van der Waals surface area contributed by atoms with Crippen LogP contribution in [-0.4, -0.2) is 35.4 Å². The van der Waals surface area contributed by atoms with E-state index in [0.29, 0.717) is 6.04 Å². The quantitative estimate of drug-likeness (QED) is 0.876. The Morgan fingerprint density at radius 3 is 2.43 bits per heavy atom. The molecule has 0 bridgehead atoms. The Morgan fingerprint density at radius 2 is 1.83 bits per heavy atom. The van der Waals surface area contributed by atoms with Crippen molar-refractivity contribution in [3.63, 3.8) is 0 Å². The maximum atomic E-state index is 12.3. The van der Waals surface area contributed by atoms with Gasteiger partial charge in [-0.1, -0.05) is 0 Å². The summed E-state index contributed by atoms with van der Waals surface area (Å²) in [6, 6.07) is 4.43. The molecule has 1 aromatic rings. The number of carbonyl (C=O) groups is 2. The normalized spacial score (nSPS) is 27.6. The predicted molar refractivity (Wildman–Crippen MR) is 96.1 cm³/mol. The van der Waals surface area contributed by atoms with Crippen molar-refractivity contribution in [2.75, 3.05) is 11.5 Å². The second-order valence-corrected chi connectivity index (χ2v) is 8.94. The lowest BCUT2D eigenvalue weighted by Crippen LogP contribution is -2.43. The molecule has 2 amide bonds. The van der Waals surface area contributed by atoms with Crippen LogP contribution >= 0.6 is 23.1 Å². The zero-order valence-corrected chi connectivity index (χ0v) is 15.1. The first-order valence-electron chi connectivity index (χ1n) is 8.37. The SMILES string of the molecule is Cc1ccc(C(=O)NC2CCC(C(=O)NC3CCSC3)CC2)s1. The van der Waals surface area contributed by atoms with Gasteiger partial charge in [-0.3, -0.25) is 9.59 Å². The molecule has 1 atom stereocenters. The van der Waals surface area contributed by atoms with Crippen molar-refractivity contribution >= 4 is 34.9 Å². The molecular formula is C17H24N2O2S2. The van der Waals surface area contributed by atoms with Crippen LogP contribution in [0.1, 0.15) is 46.7 Å². The van der Waals surface area contributed by atoms with Crippen LogP contribution in [0.4, 0.5) is 0 Å². The summed E-state index contributed by atoms with van der Waals surface area (Å²) in [6.45, 7) is 2.01. The standard InChI is InChI=1S/C17H24N2O2S2/c1-11-2-7-15(23-11)17(21)18-13-5-3-12(4-6-13)16(20)19-14-8-9-22-10-14/h2,7,12-14H,3-6,8-10H2,1H3,(H,18,21)(H,19,20). The lowest BCUT2D eigenvalue weighted by atomic mass is 9.85. The summed E-state index contributed by atoms with van der Waals surface area (Å²) in [4.78, 5) is 26.4. The molecule has 1 saturated heterocycles. The molecule has 1 unspecified atom stereocenters. The van der Waals surface area contributed by atoms with E-state index in [9.17, 15) is 9.59 Å². The molecule has 3 rings (SSSR count). The molecule has 1 aliphatic heterocycles. The van der Waals surface area contributed by atoms with Gasteiger partial charge in [-0.15, -0.1) is 11.3 Å². The van der Waals surface area contributed by atoms with Crippen molar-refractivity contribution in [1.82, 2.24) is 10.6 Å². The molecular weight excluding hydrogens is 328 g/mol. The largest absolute Gasteiger partial charge is 0.352 e. The zero-order chi connectivity index (χ0) is 16.2. The number of hydrogen-bond acceptors (Lipinski definition) is 4. The summed E-state index contributed by atoms with van der Waals surface area (Å²) < 4.78 is 0. The summed E-state index contributed by atoms with van der Waals surface area (Å²) in [5.41, 5.74) is 0. The number of hydrogen-bond donors (Lipinski definition) is 2. The van der Waals surface area contributed by atoms with Crippen LogP contribution in [0, 0.1) is 12.8 Å². The van der Waals surface area contributed by atoms with Gasteiger partial charge in [-0.2, -0.15) is 11.8 Å². The molecule has 6 heteroatoms. The summed E-state index contributed by atoms with van der Waals surface area (Å²) in [6.07, 6.45) is 4.64. The third-order valence-electron chi connectivity index (χ3n) is 4.67. The van der Waals surface area contributed by atoms with Gasteiger partial charge in [-0.05, 0) is 56.9 Å². The Hall–Kier alpha value is -1.01. The van der Waals surface area contributed by atoms with Gasteiger partial charge in [0.2, 0.25) is 5.91 Å². The first kappa shape index (κ1) is 16.8. The third-order valence-corrected chi connectivity index (χ3v) is 6.84. The highest BCUT2D eigenvalue weighted by Crippen LogP contribution is 2.26. The van der Waals surface area contributed by atoms with Crippen LogP contribution in [0.5, 0.6) is 0 Å². The number of thioether (sulfide) groups is 1. The van der Waals surface area contributed by atoms with Gasteiger partial charge in [-0.25, -0.2) is 0 Å². The number of amides is 2. The Morgan fingerprint density at radius 1 is 1.04 bits per heavy atom. The van der Waals surface area contributed by atoms with Gasteiger partial charge in [0.1, 0.15) is 0 Å². The van der Waals surface area contributed by atoms with E-state index in [1.54, 1.807) is 0 Å². The van der Waals surface area contributed by atoms with Crippen LogP contribution in [-0.2, 0) is 4.79 Å². The van der Waals surface area contributed by atoms with E-state index in [1.807, 2.05) is 30.8 Å². The Balaban J connectivity index is 1.42. The molecule has 2 N–H and O–H groups in total. The topological polar surface area (TPSA) is 58.2 Å². The third kappa shape index (κ3) is 4.51. The van der Waals surface area contributed by atoms with E-state index in [-0.39, 0.29) is 23.8 Å². The number of aryl methyl sites for hydroxylation is 1. The van der Waals surface area contributed by atoms with Crippen molar-refractivity contribution in [1.29, 1.82) is 0 Å². The fourth-order valence-electron chi connectivity index (χ4n) is 3.28. The first-order chi connectivity index (χ1) is 11.1. The monoisotopic (exact) mass is 352 g/mol. The average molecular weight is 353 g/mol. The molecule has 2 heterocycles. The van der Waals surface area contributed by atoms with E-state index in [2.05, 4.69) is 10.6 Å².